The maximum atomic E-state index is 9.02. The van der Waals surface area contributed by atoms with Crippen molar-refractivity contribution in [3.8, 4) is 5.75 Å². The third-order valence-corrected chi connectivity index (χ3v) is 4.52. The lowest BCUT2D eigenvalue weighted by molar-refractivity contribution is 0.100. The van der Waals surface area contributed by atoms with Crippen molar-refractivity contribution in [2.75, 3.05) is 0 Å². The van der Waals surface area contributed by atoms with Crippen LogP contribution in [0.1, 0.15) is 51.2 Å². The summed E-state index contributed by atoms with van der Waals surface area (Å²) in [7, 11) is 0. The van der Waals surface area contributed by atoms with Crippen LogP contribution in [0.15, 0.2) is 23.4 Å². The molecule has 2 rings (SSSR count). The van der Waals surface area contributed by atoms with Crippen molar-refractivity contribution >= 4 is 5.71 Å². The van der Waals surface area contributed by atoms with Crippen LogP contribution in [0, 0.1) is 18.8 Å². The minimum atomic E-state index is 0.272. The molecule has 1 N–H and O–H groups in total. The highest BCUT2D eigenvalue weighted by molar-refractivity contribution is 6.00. The molecule has 20 heavy (non-hydrogen) atoms. The van der Waals surface area contributed by atoms with Crippen molar-refractivity contribution in [1.82, 2.24) is 0 Å². The van der Waals surface area contributed by atoms with Crippen LogP contribution in [-0.4, -0.2) is 17.0 Å². The Morgan fingerprint density at radius 3 is 2.65 bits per heavy atom. The van der Waals surface area contributed by atoms with E-state index in [-0.39, 0.29) is 6.10 Å². The van der Waals surface area contributed by atoms with Crippen LogP contribution in [0.3, 0.4) is 0 Å². The van der Waals surface area contributed by atoms with Gasteiger partial charge in [-0.05, 0) is 57.1 Å². The molecule has 0 amide bonds. The van der Waals surface area contributed by atoms with Gasteiger partial charge >= 0.3 is 0 Å². The maximum absolute atomic E-state index is 9.02. The molecule has 0 saturated heterocycles. The first-order chi connectivity index (χ1) is 9.51. The number of rotatable bonds is 3. The van der Waals surface area contributed by atoms with Crippen LogP contribution in [0.5, 0.6) is 5.75 Å². The molecule has 1 saturated carbocycles. The zero-order valence-electron chi connectivity index (χ0n) is 12.9. The monoisotopic (exact) mass is 275 g/mol. The summed E-state index contributed by atoms with van der Waals surface area (Å²) in [6.45, 7) is 8.45. The van der Waals surface area contributed by atoms with Crippen LogP contribution < -0.4 is 4.74 Å². The van der Waals surface area contributed by atoms with Gasteiger partial charge in [-0.2, -0.15) is 0 Å². The molecular weight excluding hydrogens is 250 g/mol. The summed E-state index contributed by atoms with van der Waals surface area (Å²) in [4.78, 5) is 0. The van der Waals surface area contributed by atoms with E-state index >= 15 is 0 Å². The van der Waals surface area contributed by atoms with Crippen LogP contribution in [0.2, 0.25) is 0 Å². The molecular formula is C17H25NO2. The molecule has 3 nitrogen and oxygen atoms in total. The molecule has 1 fully saturated rings. The molecule has 1 aliphatic carbocycles. The Labute approximate surface area is 121 Å². The largest absolute Gasteiger partial charge is 0.490 e. The summed E-state index contributed by atoms with van der Waals surface area (Å²) < 4.78 is 6.19. The predicted molar refractivity (Wildman–Crippen MR) is 81.8 cm³/mol. The van der Waals surface area contributed by atoms with Crippen molar-refractivity contribution < 1.29 is 9.94 Å². The van der Waals surface area contributed by atoms with Crippen LogP contribution in [0.25, 0.3) is 0 Å². The van der Waals surface area contributed by atoms with E-state index in [1.54, 1.807) is 6.92 Å². The first kappa shape index (κ1) is 14.9. The SMILES string of the molecule is CC(=NO)c1cc(C)ccc1OC1CCC(C)C(C)C1. The Bertz CT molecular complexity index is 496. The molecule has 110 valence electrons. The molecule has 1 aromatic rings. The summed E-state index contributed by atoms with van der Waals surface area (Å²) in [6, 6.07) is 6.04. The van der Waals surface area contributed by atoms with Gasteiger partial charge in [0, 0.05) is 5.56 Å². The van der Waals surface area contributed by atoms with Crippen molar-refractivity contribution in [2.45, 2.75) is 53.1 Å². The first-order valence-corrected chi connectivity index (χ1v) is 7.47. The molecule has 0 heterocycles. The summed E-state index contributed by atoms with van der Waals surface area (Å²) in [5.74, 6) is 2.32. The molecule has 0 spiro atoms. The Morgan fingerprint density at radius 2 is 2.00 bits per heavy atom. The molecule has 0 aliphatic heterocycles. The highest BCUT2D eigenvalue weighted by atomic mass is 16.5. The van der Waals surface area contributed by atoms with Crippen molar-refractivity contribution in [2.24, 2.45) is 17.0 Å². The third-order valence-electron chi connectivity index (χ3n) is 4.52. The fourth-order valence-corrected chi connectivity index (χ4v) is 2.87. The number of benzene rings is 1. The summed E-state index contributed by atoms with van der Waals surface area (Å²) in [6.07, 6.45) is 3.70. The normalized spacial score (nSPS) is 27.4. The molecule has 3 unspecified atom stereocenters. The van der Waals surface area contributed by atoms with Gasteiger partial charge in [0.05, 0.1) is 11.8 Å². The highest BCUT2D eigenvalue weighted by Gasteiger charge is 2.26. The van der Waals surface area contributed by atoms with Crippen LogP contribution >= 0.6 is 0 Å². The topological polar surface area (TPSA) is 41.8 Å². The highest BCUT2D eigenvalue weighted by Crippen LogP contribution is 2.33. The second-order valence-electron chi connectivity index (χ2n) is 6.19. The lowest BCUT2D eigenvalue weighted by Crippen LogP contribution is -2.29. The van der Waals surface area contributed by atoms with Gasteiger partial charge in [-0.15, -0.1) is 0 Å². The van der Waals surface area contributed by atoms with Crippen LogP contribution in [0.4, 0.5) is 0 Å². The summed E-state index contributed by atoms with van der Waals surface area (Å²) in [5, 5.41) is 12.3. The quantitative estimate of drug-likeness (QED) is 0.505. The molecule has 0 radical (unpaired) electrons. The predicted octanol–water partition coefficient (Wildman–Crippen LogP) is 4.40. The molecule has 1 aliphatic rings. The lowest BCUT2D eigenvalue weighted by Gasteiger charge is -2.32. The molecule has 0 bridgehead atoms. The van der Waals surface area contributed by atoms with E-state index in [1.807, 2.05) is 25.1 Å². The van der Waals surface area contributed by atoms with E-state index in [0.29, 0.717) is 11.6 Å². The second kappa shape index (κ2) is 6.29. The zero-order chi connectivity index (χ0) is 14.7. The lowest BCUT2D eigenvalue weighted by atomic mass is 9.80. The number of oxime groups is 1. The number of aryl methyl sites for hydroxylation is 1. The minimum Gasteiger partial charge on any atom is -0.490 e. The van der Waals surface area contributed by atoms with E-state index in [4.69, 9.17) is 9.94 Å². The van der Waals surface area contributed by atoms with Gasteiger partial charge < -0.3 is 9.94 Å². The molecule has 3 heteroatoms. The Kier molecular flexibility index (Phi) is 4.69. The van der Waals surface area contributed by atoms with E-state index in [2.05, 4.69) is 19.0 Å². The van der Waals surface area contributed by atoms with Crippen molar-refractivity contribution in [3.05, 3.63) is 29.3 Å². The first-order valence-electron chi connectivity index (χ1n) is 7.47. The molecule has 3 atom stereocenters. The van der Waals surface area contributed by atoms with Crippen molar-refractivity contribution in [1.29, 1.82) is 0 Å². The van der Waals surface area contributed by atoms with E-state index in [0.717, 1.165) is 35.6 Å². The van der Waals surface area contributed by atoms with E-state index < -0.39 is 0 Å². The zero-order valence-corrected chi connectivity index (χ0v) is 12.9. The molecule has 1 aromatic carbocycles. The Balaban J connectivity index is 2.17. The number of hydrogen-bond donors (Lipinski definition) is 1. The maximum Gasteiger partial charge on any atom is 0.128 e. The second-order valence-corrected chi connectivity index (χ2v) is 6.19. The number of ether oxygens (including phenoxy) is 1. The van der Waals surface area contributed by atoms with Crippen LogP contribution in [-0.2, 0) is 0 Å². The van der Waals surface area contributed by atoms with Gasteiger partial charge in [-0.3, -0.25) is 0 Å². The fourth-order valence-electron chi connectivity index (χ4n) is 2.87. The van der Waals surface area contributed by atoms with Crippen molar-refractivity contribution in [3.63, 3.8) is 0 Å². The van der Waals surface area contributed by atoms with Gasteiger partial charge in [0.15, 0.2) is 0 Å². The average molecular weight is 275 g/mol. The Morgan fingerprint density at radius 1 is 1.25 bits per heavy atom. The fraction of sp³-hybridized carbons (Fsp3) is 0.588. The Hall–Kier alpha value is -1.51. The minimum absolute atomic E-state index is 0.272. The van der Waals surface area contributed by atoms with Gasteiger partial charge in [0.1, 0.15) is 5.75 Å². The van der Waals surface area contributed by atoms with E-state index in [1.165, 1.54) is 6.42 Å². The van der Waals surface area contributed by atoms with Gasteiger partial charge in [-0.1, -0.05) is 30.6 Å². The van der Waals surface area contributed by atoms with E-state index in [9.17, 15) is 0 Å². The third kappa shape index (κ3) is 3.33. The summed E-state index contributed by atoms with van der Waals surface area (Å²) in [5.41, 5.74) is 2.63. The van der Waals surface area contributed by atoms with Gasteiger partial charge in [-0.25, -0.2) is 0 Å². The van der Waals surface area contributed by atoms with Gasteiger partial charge in [0.25, 0.3) is 0 Å². The average Bonchev–Trinajstić information content (AvgIpc) is 2.44. The number of hydrogen-bond acceptors (Lipinski definition) is 3. The smallest absolute Gasteiger partial charge is 0.128 e. The summed E-state index contributed by atoms with van der Waals surface area (Å²) >= 11 is 0. The standard InChI is InChI=1S/C17H25NO2/c1-11-5-8-17(16(9-11)14(4)18-19)20-15-7-6-12(2)13(3)10-15/h5,8-9,12-13,15,19H,6-7,10H2,1-4H3. The molecule has 0 aromatic heterocycles. The number of nitrogens with zero attached hydrogens (tertiary/aromatic N) is 1. The van der Waals surface area contributed by atoms with Gasteiger partial charge in [0.2, 0.25) is 0 Å².